The number of rotatable bonds is 2. The number of phenolic OH excluding ortho intramolecular Hbond substituents is 2. The minimum Gasteiger partial charge on any atom is -0.508 e. The van der Waals surface area contributed by atoms with Crippen LogP contribution in [0.25, 0.3) is 0 Å². The van der Waals surface area contributed by atoms with Gasteiger partial charge >= 0.3 is 0 Å². The fourth-order valence-electron chi connectivity index (χ4n) is 1.11. The van der Waals surface area contributed by atoms with E-state index in [-0.39, 0.29) is 11.5 Å². The molecule has 0 saturated heterocycles. The van der Waals surface area contributed by atoms with Crippen LogP contribution in [0.15, 0.2) is 48.5 Å². The number of hydrogen-bond donors (Lipinski definition) is 2. The van der Waals surface area contributed by atoms with E-state index in [1.807, 2.05) is 0 Å². The molecule has 4 heteroatoms. The van der Waals surface area contributed by atoms with Crippen LogP contribution >= 0.6 is 0 Å². The molecule has 0 aliphatic carbocycles. The summed E-state index contributed by atoms with van der Waals surface area (Å²) in [6.07, 6.45) is 1.47. The van der Waals surface area contributed by atoms with Gasteiger partial charge in [-0.2, -0.15) is 0 Å². The number of carbonyl (C=O) groups excluding carboxylic acids is 2. The van der Waals surface area contributed by atoms with Crippen molar-refractivity contribution in [3.63, 3.8) is 0 Å². The Labute approximate surface area is 104 Å². The molecule has 0 radical (unpaired) electrons. The van der Waals surface area contributed by atoms with Gasteiger partial charge in [0.05, 0.1) is 0 Å². The Morgan fingerprint density at radius 1 is 0.611 bits per heavy atom. The second kappa shape index (κ2) is 6.85. The Morgan fingerprint density at radius 3 is 1.11 bits per heavy atom. The maximum Gasteiger partial charge on any atom is 0.150 e. The van der Waals surface area contributed by atoms with Crippen molar-refractivity contribution in [3.8, 4) is 11.5 Å². The highest BCUT2D eigenvalue weighted by Crippen LogP contribution is 2.07. The zero-order chi connectivity index (χ0) is 13.4. The lowest BCUT2D eigenvalue weighted by molar-refractivity contribution is 0.111. The SMILES string of the molecule is O=Cc1ccc(O)cc1.O=Cc1ccc(O)cc1. The van der Waals surface area contributed by atoms with Gasteiger partial charge in [0.2, 0.25) is 0 Å². The highest BCUT2D eigenvalue weighted by molar-refractivity contribution is 5.75. The zero-order valence-electron chi connectivity index (χ0n) is 9.48. The summed E-state index contributed by atoms with van der Waals surface area (Å²) in [5.41, 5.74) is 1.15. The Kier molecular flexibility index (Phi) is 5.12. The van der Waals surface area contributed by atoms with E-state index in [2.05, 4.69) is 0 Å². The molecule has 0 aromatic heterocycles. The quantitative estimate of drug-likeness (QED) is 0.795. The minimum atomic E-state index is 0.181. The second-order valence-corrected chi connectivity index (χ2v) is 3.42. The molecule has 0 heterocycles. The number of hydrogen-bond acceptors (Lipinski definition) is 4. The molecule has 0 saturated carbocycles. The lowest BCUT2D eigenvalue weighted by atomic mass is 10.2. The Balaban J connectivity index is 0.000000180. The monoisotopic (exact) mass is 244 g/mol. The average Bonchev–Trinajstić information content (AvgIpc) is 2.41. The second-order valence-electron chi connectivity index (χ2n) is 3.42. The summed E-state index contributed by atoms with van der Waals surface area (Å²) in [5, 5.41) is 17.5. The number of aldehydes is 2. The van der Waals surface area contributed by atoms with E-state index in [1.165, 1.54) is 24.3 Å². The lowest BCUT2D eigenvalue weighted by Gasteiger charge is -1.88. The van der Waals surface area contributed by atoms with Crippen molar-refractivity contribution in [3.05, 3.63) is 59.7 Å². The molecule has 0 fully saturated rings. The minimum absolute atomic E-state index is 0.181. The molecule has 2 N–H and O–H groups in total. The summed E-state index contributed by atoms with van der Waals surface area (Å²) in [4.78, 5) is 20.1. The molecule has 92 valence electrons. The van der Waals surface area contributed by atoms with E-state index in [4.69, 9.17) is 10.2 Å². The molecule has 18 heavy (non-hydrogen) atoms. The molecule has 2 aromatic rings. The predicted octanol–water partition coefficient (Wildman–Crippen LogP) is 2.41. The molecule has 0 atom stereocenters. The van der Waals surface area contributed by atoms with Crippen molar-refractivity contribution in [2.24, 2.45) is 0 Å². The molecule has 4 nitrogen and oxygen atoms in total. The standard InChI is InChI=1S/2C7H6O2/c2*8-5-6-1-3-7(9)4-2-6/h2*1-5,9H. The van der Waals surface area contributed by atoms with Crippen molar-refractivity contribution in [1.82, 2.24) is 0 Å². The average molecular weight is 244 g/mol. The Morgan fingerprint density at radius 2 is 0.889 bits per heavy atom. The summed E-state index contributed by atoms with van der Waals surface area (Å²) in [5.74, 6) is 0.362. The molecule has 0 aliphatic rings. The van der Waals surface area contributed by atoms with Crippen LogP contribution < -0.4 is 0 Å². The molecular weight excluding hydrogens is 232 g/mol. The normalized spacial score (nSPS) is 8.89. The van der Waals surface area contributed by atoms with Crippen molar-refractivity contribution < 1.29 is 19.8 Å². The van der Waals surface area contributed by atoms with Crippen LogP contribution in [0.1, 0.15) is 20.7 Å². The topological polar surface area (TPSA) is 74.6 Å². The van der Waals surface area contributed by atoms with Crippen molar-refractivity contribution in [2.45, 2.75) is 0 Å². The highest BCUT2D eigenvalue weighted by Gasteiger charge is 1.87. The van der Waals surface area contributed by atoms with E-state index in [1.54, 1.807) is 24.3 Å². The Bertz CT molecular complexity index is 451. The fraction of sp³-hybridized carbons (Fsp3) is 0. The van der Waals surface area contributed by atoms with Gasteiger partial charge in [-0.15, -0.1) is 0 Å². The van der Waals surface area contributed by atoms with Crippen LogP contribution in [-0.2, 0) is 0 Å². The summed E-state index contributed by atoms with van der Waals surface area (Å²) in [7, 11) is 0. The largest absolute Gasteiger partial charge is 0.508 e. The third-order valence-corrected chi connectivity index (χ3v) is 2.06. The van der Waals surface area contributed by atoms with Crippen molar-refractivity contribution >= 4 is 12.6 Å². The fourth-order valence-corrected chi connectivity index (χ4v) is 1.11. The first-order chi connectivity index (χ1) is 8.65. The van der Waals surface area contributed by atoms with Crippen molar-refractivity contribution in [1.29, 1.82) is 0 Å². The van der Waals surface area contributed by atoms with Crippen LogP contribution in [0.3, 0.4) is 0 Å². The maximum absolute atomic E-state index is 10.0. The molecule has 0 aliphatic heterocycles. The third-order valence-electron chi connectivity index (χ3n) is 2.06. The van der Waals surface area contributed by atoms with Gasteiger partial charge in [0.1, 0.15) is 24.1 Å². The van der Waals surface area contributed by atoms with Crippen LogP contribution in [-0.4, -0.2) is 22.8 Å². The van der Waals surface area contributed by atoms with Gasteiger partial charge in [-0.1, -0.05) is 0 Å². The summed E-state index contributed by atoms with van der Waals surface area (Å²) >= 11 is 0. The molecule has 2 rings (SSSR count). The first-order valence-corrected chi connectivity index (χ1v) is 5.14. The van der Waals surface area contributed by atoms with E-state index in [9.17, 15) is 9.59 Å². The van der Waals surface area contributed by atoms with Gasteiger partial charge in [-0.05, 0) is 48.5 Å². The van der Waals surface area contributed by atoms with Gasteiger partial charge < -0.3 is 10.2 Å². The van der Waals surface area contributed by atoms with Gasteiger partial charge in [0.25, 0.3) is 0 Å². The van der Waals surface area contributed by atoms with E-state index in [0.29, 0.717) is 11.1 Å². The first-order valence-electron chi connectivity index (χ1n) is 5.14. The van der Waals surface area contributed by atoms with Crippen LogP contribution in [0.5, 0.6) is 11.5 Å². The zero-order valence-corrected chi connectivity index (χ0v) is 9.48. The van der Waals surface area contributed by atoms with E-state index >= 15 is 0 Å². The van der Waals surface area contributed by atoms with Crippen molar-refractivity contribution in [2.75, 3.05) is 0 Å². The van der Waals surface area contributed by atoms with Gasteiger partial charge in [0.15, 0.2) is 0 Å². The number of phenols is 2. The van der Waals surface area contributed by atoms with Gasteiger partial charge in [-0.3, -0.25) is 9.59 Å². The van der Waals surface area contributed by atoms with E-state index < -0.39 is 0 Å². The lowest BCUT2D eigenvalue weighted by Crippen LogP contribution is -1.74. The molecule has 0 bridgehead atoms. The third kappa shape index (κ3) is 4.49. The first kappa shape index (κ1) is 13.4. The summed E-state index contributed by atoms with van der Waals surface area (Å²) in [6.45, 7) is 0. The van der Waals surface area contributed by atoms with Gasteiger partial charge in [-0.25, -0.2) is 0 Å². The molecule has 0 spiro atoms. The van der Waals surface area contributed by atoms with E-state index in [0.717, 1.165) is 12.6 Å². The molecule has 0 amide bonds. The Hall–Kier alpha value is -2.62. The smallest absolute Gasteiger partial charge is 0.150 e. The molecular formula is C14H12O4. The van der Waals surface area contributed by atoms with Crippen LogP contribution in [0.4, 0.5) is 0 Å². The number of aromatic hydroxyl groups is 2. The number of carbonyl (C=O) groups is 2. The summed E-state index contributed by atoms with van der Waals surface area (Å²) < 4.78 is 0. The van der Waals surface area contributed by atoms with Crippen LogP contribution in [0.2, 0.25) is 0 Å². The number of benzene rings is 2. The molecule has 0 unspecified atom stereocenters. The van der Waals surface area contributed by atoms with Gasteiger partial charge in [0, 0.05) is 11.1 Å². The maximum atomic E-state index is 10.0. The molecule has 2 aromatic carbocycles. The van der Waals surface area contributed by atoms with Crippen LogP contribution in [0, 0.1) is 0 Å². The summed E-state index contributed by atoms with van der Waals surface area (Å²) in [6, 6.07) is 12.1. The highest BCUT2D eigenvalue weighted by atomic mass is 16.3. The predicted molar refractivity (Wildman–Crippen MR) is 67.0 cm³/mol.